The molecule has 36 heavy (non-hydrogen) atoms. The summed E-state index contributed by atoms with van der Waals surface area (Å²) in [6.45, 7) is 7.00. The van der Waals surface area contributed by atoms with Gasteiger partial charge >= 0.3 is 5.97 Å². The molecule has 0 aromatic heterocycles. The number of carbonyl (C=O) groups is 5. The van der Waals surface area contributed by atoms with E-state index in [4.69, 9.17) is 11.5 Å². The van der Waals surface area contributed by atoms with Gasteiger partial charge in [-0.3, -0.25) is 19.2 Å². The Morgan fingerprint density at radius 1 is 0.861 bits per heavy atom. The fraction of sp³-hybridized carbons (Fsp3) is 0.560. The number of benzene rings is 1. The summed E-state index contributed by atoms with van der Waals surface area (Å²) in [5.74, 6) is -4.19. The average molecular weight is 506 g/mol. The molecule has 0 fully saturated rings. The number of amides is 4. The molecule has 200 valence electrons. The van der Waals surface area contributed by atoms with Crippen LogP contribution in [-0.2, 0) is 30.4 Å². The first kappa shape index (κ1) is 30.6. The summed E-state index contributed by atoms with van der Waals surface area (Å²) in [6, 6.07) is 4.80. The summed E-state index contributed by atoms with van der Waals surface area (Å²) in [5, 5.41) is 17.0. The molecular formula is C25H39N5O6. The van der Waals surface area contributed by atoms with Crippen LogP contribution in [0.15, 0.2) is 30.3 Å². The number of hydrogen-bond donors (Lipinski definition) is 6. The van der Waals surface area contributed by atoms with Gasteiger partial charge in [-0.05, 0) is 36.7 Å². The molecule has 0 saturated heterocycles. The summed E-state index contributed by atoms with van der Waals surface area (Å²) in [4.78, 5) is 61.6. The van der Waals surface area contributed by atoms with Crippen LogP contribution in [0, 0.1) is 11.8 Å². The molecule has 1 rings (SSSR count). The van der Waals surface area contributed by atoms with Gasteiger partial charge in [0.15, 0.2) is 0 Å². The van der Waals surface area contributed by atoms with Crippen molar-refractivity contribution < 1.29 is 29.1 Å². The smallest absolute Gasteiger partial charge is 0.326 e. The van der Waals surface area contributed by atoms with E-state index in [9.17, 15) is 29.1 Å². The molecule has 0 aliphatic rings. The summed E-state index contributed by atoms with van der Waals surface area (Å²) >= 11 is 0. The predicted octanol–water partition coefficient (Wildman–Crippen LogP) is 0.0630. The van der Waals surface area contributed by atoms with Crippen LogP contribution in [0.2, 0.25) is 0 Å². The largest absolute Gasteiger partial charge is 0.480 e. The quantitative estimate of drug-likeness (QED) is 0.194. The number of nitrogens with one attached hydrogen (secondary N) is 3. The standard InChI is InChI=1S/C25H39N5O6/c1-14(2)12-19(24(34)30-21(15(3)4)25(35)36)29-23(33)18(10-11-20(27)31)28-22(32)17(26)13-16-8-6-5-7-9-16/h5-9,14-15,17-19,21H,10-13,26H2,1-4H3,(H2,27,31)(H,28,32)(H,29,33)(H,30,34)(H,35,36). The lowest BCUT2D eigenvalue weighted by Crippen LogP contribution is -2.58. The van der Waals surface area contributed by atoms with Crippen LogP contribution in [0.5, 0.6) is 0 Å². The van der Waals surface area contributed by atoms with Gasteiger partial charge in [0.25, 0.3) is 0 Å². The molecule has 4 unspecified atom stereocenters. The van der Waals surface area contributed by atoms with E-state index >= 15 is 0 Å². The van der Waals surface area contributed by atoms with Gasteiger partial charge in [-0.15, -0.1) is 0 Å². The topological polar surface area (TPSA) is 194 Å². The molecule has 11 nitrogen and oxygen atoms in total. The number of carbonyl (C=O) groups excluding carboxylic acids is 4. The molecule has 4 atom stereocenters. The van der Waals surface area contributed by atoms with Gasteiger partial charge in [0, 0.05) is 6.42 Å². The van der Waals surface area contributed by atoms with Crippen molar-refractivity contribution in [2.24, 2.45) is 23.3 Å². The lowest BCUT2D eigenvalue weighted by atomic mass is 9.99. The molecule has 0 saturated carbocycles. The Bertz CT molecular complexity index is 905. The van der Waals surface area contributed by atoms with Crippen molar-refractivity contribution in [1.82, 2.24) is 16.0 Å². The maximum absolute atomic E-state index is 13.1. The number of carboxylic acid groups (broad SMARTS) is 1. The zero-order chi connectivity index (χ0) is 27.4. The molecule has 8 N–H and O–H groups in total. The molecule has 1 aromatic carbocycles. The average Bonchev–Trinajstić information content (AvgIpc) is 2.78. The Kier molecular flexibility index (Phi) is 12.6. The summed E-state index contributed by atoms with van der Waals surface area (Å²) in [7, 11) is 0. The first-order chi connectivity index (χ1) is 16.8. The van der Waals surface area contributed by atoms with Crippen LogP contribution in [-0.4, -0.2) is 58.9 Å². The minimum atomic E-state index is -1.19. The highest BCUT2D eigenvalue weighted by atomic mass is 16.4. The Labute approximate surface area is 211 Å². The van der Waals surface area contributed by atoms with Crippen molar-refractivity contribution in [1.29, 1.82) is 0 Å². The highest BCUT2D eigenvalue weighted by molar-refractivity contribution is 5.94. The van der Waals surface area contributed by atoms with Crippen LogP contribution in [0.1, 0.15) is 52.5 Å². The SMILES string of the molecule is CC(C)CC(NC(=O)C(CCC(N)=O)NC(=O)C(N)Cc1ccccc1)C(=O)NC(C(=O)O)C(C)C. The van der Waals surface area contributed by atoms with E-state index < -0.39 is 53.8 Å². The molecule has 0 aliphatic heterocycles. The van der Waals surface area contributed by atoms with Crippen molar-refractivity contribution in [2.75, 3.05) is 0 Å². The molecule has 0 spiro atoms. The Hall–Kier alpha value is -3.47. The molecule has 0 bridgehead atoms. The maximum Gasteiger partial charge on any atom is 0.326 e. The molecular weight excluding hydrogens is 466 g/mol. The van der Waals surface area contributed by atoms with E-state index in [-0.39, 0.29) is 37.5 Å². The molecule has 0 radical (unpaired) electrons. The van der Waals surface area contributed by atoms with Crippen LogP contribution in [0.3, 0.4) is 0 Å². The lowest BCUT2D eigenvalue weighted by molar-refractivity contribution is -0.143. The summed E-state index contributed by atoms with van der Waals surface area (Å²) in [6.07, 6.45) is 0.194. The third-order valence-electron chi connectivity index (χ3n) is 5.52. The van der Waals surface area contributed by atoms with E-state index in [0.29, 0.717) is 0 Å². The van der Waals surface area contributed by atoms with Gasteiger partial charge in [-0.25, -0.2) is 4.79 Å². The van der Waals surface area contributed by atoms with Crippen LogP contribution < -0.4 is 27.4 Å². The van der Waals surface area contributed by atoms with Crippen molar-refractivity contribution in [3.8, 4) is 0 Å². The highest BCUT2D eigenvalue weighted by Crippen LogP contribution is 2.10. The Balaban J connectivity index is 2.99. The second-order valence-corrected chi connectivity index (χ2v) is 9.62. The zero-order valence-electron chi connectivity index (χ0n) is 21.3. The van der Waals surface area contributed by atoms with Crippen molar-refractivity contribution in [3.05, 3.63) is 35.9 Å². The van der Waals surface area contributed by atoms with Gasteiger partial charge in [0.05, 0.1) is 6.04 Å². The number of primary amides is 1. The van der Waals surface area contributed by atoms with Gasteiger partial charge in [0.1, 0.15) is 18.1 Å². The summed E-state index contributed by atoms with van der Waals surface area (Å²) < 4.78 is 0. The second kappa shape index (κ2) is 14.8. The number of nitrogens with two attached hydrogens (primary N) is 2. The second-order valence-electron chi connectivity index (χ2n) is 9.62. The normalized spacial score (nSPS) is 14.4. The number of carboxylic acids is 1. The van der Waals surface area contributed by atoms with Gasteiger partial charge in [0.2, 0.25) is 23.6 Å². The van der Waals surface area contributed by atoms with E-state index in [2.05, 4.69) is 16.0 Å². The number of hydrogen-bond acceptors (Lipinski definition) is 6. The van der Waals surface area contributed by atoms with E-state index in [0.717, 1.165) is 5.56 Å². The minimum Gasteiger partial charge on any atom is -0.480 e. The molecule has 11 heteroatoms. The van der Waals surface area contributed by atoms with Gasteiger partial charge in [-0.2, -0.15) is 0 Å². The lowest BCUT2D eigenvalue weighted by Gasteiger charge is -2.26. The van der Waals surface area contributed by atoms with Crippen LogP contribution in [0.25, 0.3) is 0 Å². The Morgan fingerprint density at radius 3 is 1.92 bits per heavy atom. The van der Waals surface area contributed by atoms with E-state index in [1.165, 1.54) is 0 Å². The van der Waals surface area contributed by atoms with Crippen LogP contribution >= 0.6 is 0 Å². The predicted molar refractivity (Wildman–Crippen MR) is 134 cm³/mol. The minimum absolute atomic E-state index is 0.0127. The maximum atomic E-state index is 13.1. The van der Waals surface area contributed by atoms with Gasteiger partial charge < -0.3 is 32.5 Å². The highest BCUT2D eigenvalue weighted by Gasteiger charge is 2.31. The summed E-state index contributed by atoms with van der Waals surface area (Å²) in [5.41, 5.74) is 12.1. The Morgan fingerprint density at radius 2 is 1.42 bits per heavy atom. The molecule has 1 aromatic rings. The molecule has 0 aliphatic carbocycles. The zero-order valence-corrected chi connectivity index (χ0v) is 21.3. The van der Waals surface area contributed by atoms with E-state index in [1.54, 1.807) is 13.8 Å². The fourth-order valence-corrected chi connectivity index (χ4v) is 3.54. The van der Waals surface area contributed by atoms with Crippen molar-refractivity contribution in [3.63, 3.8) is 0 Å². The van der Waals surface area contributed by atoms with Crippen LogP contribution in [0.4, 0.5) is 0 Å². The fourth-order valence-electron chi connectivity index (χ4n) is 3.54. The number of aliphatic carboxylic acids is 1. The molecule has 0 heterocycles. The number of rotatable bonds is 15. The van der Waals surface area contributed by atoms with Crippen molar-refractivity contribution in [2.45, 2.75) is 77.5 Å². The monoisotopic (exact) mass is 505 g/mol. The van der Waals surface area contributed by atoms with Gasteiger partial charge in [-0.1, -0.05) is 58.0 Å². The van der Waals surface area contributed by atoms with E-state index in [1.807, 2.05) is 44.2 Å². The molecule has 4 amide bonds. The third-order valence-corrected chi connectivity index (χ3v) is 5.52. The van der Waals surface area contributed by atoms with Crippen molar-refractivity contribution >= 4 is 29.6 Å². The first-order valence-electron chi connectivity index (χ1n) is 12.0. The third kappa shape index (κ3) is 10.9. The first-order valence-corrected chi connectivity index (χ1v) is 12.0.